The van der Waals surface area contributed by atoms with E-state index in [4.69, 9.17) is 24.1 Å². The fourth-order valence-corrected chi connectivity index (χ4v) is 5.98. The number of alkyl halides is 6. The molecule has 0 aliphatic rings. The van der Waals surface area contributed by atoms with E-state index in [1.807, 2.05) is 62.4 Å². The second-order valence-electron chi connectivity index (χ2n) is 13.4. The number of nitrogens with zero attached hydrogens (tertiary/aromatic N) is 3. The van der Waals surface area contributed by atoms with E-state index in [1.54, 1.807) is 12.1 Å². The molecule has 1 aromatic heterocycles. The van der Waals surface area contributed by atoms with E-state index in [0.29, 0.717) is 46.1 Å². The van der Waals surface area contributed by atoms with Gasteiger partial charge in [0.1, 0.15) is 12.4 Å². The molecular weight excluding hydrogens is 756 g/mol. The van der Waals surface area contributed by atoms with Gasteiger partial charge >= 0.3 is 18.3 Å². The lowest BCUT2D eigenvalue weighted by molar-refractivity contribution is -0.143. The maximum Gasteiger partial charge on any atom is 0.416 e. The first-order valence-electron chi connectivity index (χ1n) is 17.8. The quantitative estimate of drug-likeness (QED) is 0.0727. The predicted octanol–water partition coefficient (Wildman–Crippen LogP) is 10.4. The van der Waals surface area contributed by atoms with Crippen molar-refractivity contribution in [3.8, 4) is 34.1 Å². The van der Waals surface area contributed by atoms with Crippen LogP contribution in [0.3, 0.4) is 0 Å². The lowest BCUT2D eigenvalue weighted by atomic mass is 9.93. The molecule has 0 saturated carbocycles. The molecule has 0 aliphatic carbocycles. The highest BCUT2D eigenvalue weighted by Gasteiger charge is 2.37. The predicted molar refractivity (Wildman–Crippen MR) is 201 cm³/mol. The molecule has 15 heteroatoms. The summed E-state index contributed by atoms with van der Waals surface area (Å²) in [5, 5.41) is 8.92. The van der Waals surface area contributed by atoms with Gasteiger partial charge in [-0.25, -0.2) is 9.97 Å². The lowest BCUT2D eigenvalue weighted by Crippen LogP contribution is -2.25. The maximum atomic E-state index is 14.0. The van der Waals surface area contributed by atoms with Gasteiger partial charge in [-0.2, -0.15) is 26.3 Å². The average molecular weight is 798 g/mol. The summed E-state index contributed by atoms with van der Waals surface area (Å²) in [6, 6.07) is 20.0. The SMILES string of the molecule is COc1cc(CN(Cc2cc(C(F)(F)F)cc(C(F)(F)F)c2)c2ncc(OCCCC(=O)O)cn2)c(-c2cc(C(C)C)ccc2OC)cc1OCc1ccccc1. The monoisotopic (exact) mass is 797 g/mol. The van der Waals surface area contributed by atoms with Crippen LogP contribution in [0.15, 0.2) is 91.3 Å². The Labute approximate surface area is 325 Å². The largest absolute Gasteiger partial charge is 0.496 e. The minimum atomic E-state index is -5.06. The molecular formula is C42H41F6N3O6. The zero-order valence-corrected chi connectivity index (χ0v) is 31.6. The fourth-order valence-electron chi connectivity index (χ4n) is 5.98. The minimum Gasteiger partial charge on any atom is -0.496 e. The summed E-state index contributed by atoms with van der Waals surface area (Å²) in [7, 11) is 2.96. The van der Waals surface area contributed by atoms with Crippen LogP contribution in [0.2, 0.25) is 0 Å². The Balaban J connectivity index is 1.65. The number of carbonyl (C=O) groups is 1. The summed E-state index contributed by atoms with van der Waals surface area (Å²) in [5.74, 6) is 0.439. The number of anilines is 1. The summed E-state index contributed by atoms with van der Waals surface area (Å²) in [4.78, 5) is 21.1. The van der Waals surface area contributed by atoms with Crippen molar-refractivity contribution in [3.05, 3.63) is 125 Å². The molecule has 0 fully saturated rings. The summed E-state index contributed by atoms with van der Waals surface area (Å²) < 4.78 is 107. The molecule has 1 N–H and O–H groups in total. The molecule has 5 aromatic rings. The van der Waals surface area contributed by atoms with Crippen LogP contribution in [0.4, 0.5) is 32.3 Å². The highest BCUT2D eigenvalue weighted by Crippen LogP contribution is 2.42. The van der Waals surface area contributed by atoms with Crippen molar-refractivity contribution in [2.45, 2.75) is 64.7 Å². The summed E-state index contributed by atoms with van der Waals surface area (Å²) in [5.41, 5.74) is 0.399. The minimum absolute atomic E-state index is 0.0439. The van der Waals surface area contributed by atoms with Gasteiger partial charge in [0, 0.05) is 25.1 Å². The first-order chi connectivity index (χ1) is 27.0. The number of halogens is 6. The molecule has 0 amide bonds. The van der Waals surface area contributed by atoms with Gasteiger partial charge in [0.05, 0.1) is 44.3 Å². The second kappa shape index (κ2) is 18.3. The van der Waals surface area contributed by atoms with Crippen LogP contribution in [0.25, 0.3) is 11.1 Å². The molecule has 0 bridgehead atoms. The molecule has 0 unspecified atom stereocenters. The Kier molecular flexibility index (Phi) is 13.5. The first kappa shape index (κ1) is 42.2. The number of carboxylic acids is 1. The van der Waals surface area contributed by atoms with E-state index in [1.165, 1.54) is 31.5 Å². The van der Waals surface area contributed by atoms with E-state index in [-0.39, 0.29) is 61.8 Å². The number of hydrogen-bond donors (Lipinski definition) is 1. The normalized spacial score (nSPS) is 11.7. The zero-order chi connectivity index (χ0) is 41.3. The number of aliphatic carboxylic acids is 1. The average Bonchev–Trinajstić information content (AvgIpc) is 3.18. The van der Waals surface area contributed by atoms with Crippen molar-refractivity contribution in [1.29, 1.82) is 0 Å². The summed E-state index contributed by atoms with van der Waals surface area (Å²) in [6.07, 6.45) is -7.47. The van der Waals surface area contributed by atoms with Crippen LogP contribution in [0.5, 0.6) is 23.0 Å². The molecule has 0 atom stereocenters. The van der Waals surface area contributed by atoms with Gasteiger partial charge in [-0.05, 0) is 82.6 Å². The third-order valence-corrected chi connectivity index (χ3v) is 8.89. The molecule has 1 heterocycles. The second-order valence-corrected chi connectivity index (χ2v) is 13.4. The number of hydrogen-bond acceptors (Lipinski definition) is 8. The standard InChI is InChI=1S/C42H41F6N3O6/c1-26(2)29-12-13-36(54-3)35(17-29)34-20-38(57-25-27-9-6-5-7-10-27)37(55-4)18-30(34)24-51(40-49-21-33(22-50-40)56-14-8-11-39(52)53)23-28-15-31(41(43,44)45)19-32(16-28)42(46,47)48/h5-7,9-10,12-13,15-22,26H,8,11,14,23-25H2,1-4H3,(H,52,53). The van der Waals surface area contributed by atoms with Crippen molar-refractivity contribution in [3.63, 3.8) is 0 Å². The van der Waals surface area contributed by atoms with Gasteiger partial charge in [0.2, 0.25) is 5.95 Å². The van der Waals surface area contributed by atoms with E-state index >= 15 is 0 Å². The first-order valence-corrected chi connectivity index (χ1v) is 17.8. The molecule has 0 saturated heterocycles. The van der Waals surface area contributed by atoms with Gasteiger partial charge in [-0.1, -0.05) is 50.2 Å². The number of benzene rings is 4. The number of carboxylic acid groups (broad SMARTS) is 1. The van der Waals surface area contributed by atoms with Gasteiger partial charge in [0.15, 0.2) is 17.2 Å². The van der Waals surface area contributed by atoms with Crippen molar-refractivity contribution in [2.75, 3.05) is 25.7 Å². The van der Waals surface area contributed by atoms with Gasteiger partial charge < -0.3 is 29.0 Å². The van der Waals surface area contributed by atoms with Crippen molar-refractivity contribution in [2.24, 2.45) is 0 Å². The number of ether oxygens (including phenoxy) is 4. The van der Waals surface area contributed by atoms with Crippen molar-refractivity contribution < 1.29 is 55.2 Å². The molecule has 4 aromatic carbocycles. The Morgan fingerprint density at radius 1 is 0.737 bits per heavy atom. The third kappa shape index (κ3) is 11.3. The molecule has 5 rings (SSSR count). The molecule has 302 valence electrons. The summed E-state index contributed by atoms with van der Waals surface area (Å²) in [6.45, 7) is 3.66. The third-order valence-electron chi connectivity index (χ3n) is 8.89. The fraction of sp³-hybridized carbons (Fsp3) is 0.310. The van der Waals surface area contributed by atoms with E-state index in [9.17, 15) is 31.1 Å². The van der Waals surface area contributed by atoms with E-state index < -0.39 is 36.0 Å². The molecule has 0 aliphatic heterocycles. The van der Waals surface area contributed by atoms with Crippen LogP contribution in [-0.2, 0) is 36.8 Å². The van der Waals surface area contributed by atoms with E-state index in [2.05, 4.69) is 9.97 Å². The van der Waals surface area contributed by atoms with Crippen LogP contribution < -0.4 is 23.8 Å². The maximum absolute atomic E-state index is 14.0. The molecule has 57 heavy (non-hydrogen) atoms. The van der Waals surface area contributed by atoms with Gasteiger partial charge in [-0.3, -0.25) is 4.79 Å². The number of methoxy groups -OCH3 is 2. The molecule has 0 spiro atoms. The Morgan fingerprint density at radius 2 is 1.39 bits per heavy atom. The highest BCUT2D eigenvalue weighted by atomic mass is 19.4. The Hall–Kier alpha value is -5.99. The summed E-state index contributed by atoms with van der Waals surface area (Å²) >= 11 is 0. The molecule has 0 radical (unpaired) electrons. The lowest BCUT2D eigenvalue weighted by Gasteiger charge is -2.26. The van der Waals surface area contributed by atoms with Crippen LogP contribution in [0, 0.1) is 0 Å². The van der Waals surface area contributed by atoms with Crippen molar-refractivity contribution >= 4 is 11.9 Å². The smallest absolute Gasteiger partial charge is 0.416 e. The van der Waals surface area contributed by atoms with Crippen LogP contribution in [-0.4, -0.2) is 41.9 Å². The van der Waals surface area contributed by atoms with Gasteiger partial charge in [0.25, 0.3) is 0 Å². The Morgan fingerprint density at radius 3 is 1.96 bits per heavy atom. The van der Waals surface area contributed by atoms with Gasteiger partial charge in [-0.15, -0.1) is 0 Å². The zero-order valence-electron chi connectivity index (χ0n) is 31.6. The highest BCUT2D eigenvalue weighted by molar-refractivity contribution is 5.77. The number of rotatable bonds is 17. The molecule has 9 nitrogen and oxygen atoms in total. The number of aromatic nitrogens is 2. The topological polar surface area (TPSA) is 103 Å². The van der Waals surface area contributed by atoms with E-state index in [0.717, 1.165) is 11.1 Å². The van der Waals surface area contributed by atoms with Crippen LogP contribution in [0.1, 0.15) is 66.0 Å². The van der Waals surface area contributed by atoms with Crippen molar-refractivity contribution in [1.82, 2.24) is 9.97 Å². The van der Waals surface area contributed by atoms with Crippen LogP contribution >= 0.6 is 0 Å². The Bertz CT molecular complexity index is 2090.